The number of aliphatic imine (C=N–C) groups is 1. The molecule has 168 valence electrons. The minimum absolute atomic E-state index is 0.231. The Morgan fingerprint density at radius 2 is 1.58 bits per heavy atom. The van der Waals surface area contributed by atoms with Crippen molar-refractivity contribution in [2.75, 3.05) is 13.2 Å². The molecule has 1 heterocycles. The smallest absolute Gasteiger partial charge is 0.363 e. The van der Waals surface area contributed by atoms with Gasteiger partial charge in [-0.05, 0) is 61.4 Å². The van der Waals surface area contributed by atoms with Crippen LogP contribution in [0.5, 0.6) is 17.2 Å². The third-order valence-corrected chi connectivity index (χ3v) is 4.84. The maximum Gasteiger partial charge on any atom is 0.363 e. The number of carbonyl (C=O) groups excluding carboxylic acids is 1. The fourth-order valence-electron chi connectivity index (χ4n) is 3.28. The Labute approximate surface area is 193 Å². The lowest BCUT2D eigenvalue weighted by molar-refractivity contribution is -0.129. The highest BCUT2D eigenvalue weighted by Gasteiger charge is 2.25. The third kappa shape index (κ3) is 5.60. The first-order valence-electron chi connectivity index (χ1n) is 10.9. The van der Waals surface area contributed by atoms with Crippen LogP contribution in [0.3, 0.4) is 0 Å². The summed E-state index contributed by atoms with van der Waals surface area (Å²) in [6.07, 6.45) is 1.69. The molecule has 1 aliphatic heterocycles. The van der Waals surface area contributed by atoms with Gasteiger partial charge in [0, 0.05) is 5.56 Å². The summed E-state index contributed by atoms with van der Waals surface area (Å²) in [5.41, 5.74) is 2.79. The van der Waals surface area contributed by atoms with E-state index >= 15 is 0 Å². The second-order valence-electron chi connectivity index (χ2n) is 7.21. The van der Waals surface area contributed by atoms with Gasteiger partial charge in [-0.15, -0.1) is 0 Å². The molecule has 0 amide bonds. The number of ether oxygens (including phenoxy) is 4. The van der Waals surface area contributed by atoms with Crippen LogP contribution in [-0.2, 0) is 16.1 Å². The van der Waals surface area contributed by atoms with Gasteiger partial charge in [-0.2, -0.15) is 0 Å². The van der Waals surface area contributed by atoms with E-state index in [2.05, 4.69) is 4.99 Å². The molecule has 0 saturated carbocycles. The van der Waals surface area contributed by atoms with Crippen molar-refractivity contribution in [3.05, 3.63) is 95.2 Å². The zero-order valence-corrected chi connectivity index (χ0v) is 18.6. The summed E-state index contributed by atoms with van der Waals surface area (Å²) in [5, 5.41) is 0. The average molecular weight is 443 g/mol. The van der Waals surface area contributed by atoms with Crippen molar-refractivity contribution in [1.29, 1.82) is 0 Å². The molecule has 1 aliphatic rings. The predicted molar refractivity (Wildman–Crippen MR) is 127 cm³/mol. The van der Waals surface area contributed by atoms with Crippen LogP contribution in [0.2, 0.25) is 0 Å². The highest BCUT2D eigenvalue weighted by Crippen LogP contribution is 2.30. The van der Waals surface area contributed by atoms with Gasteiger partial charge < -0.3 is 18.9 Å². The Morgan fingerprint density at radius 1 is 0.848 bits per heavy atom. The molecule has 4 rings (SSSR count). The van der Waals surface area contributed by atoms with Crippen LogP contribution in [0.4, 0.5) is 0 Å². The maximum atomic E-state index is 12.4. The molecule has 6 heteroatoms. The van der Waals surface area contributed by atoms with E-state index in [1.807, 2.05) is 68.4 Å². The highest BCUT2D eigenvalue weighted by molar-refractivity contribution is 6.13. The van der Waals surface area contributed by atoms with Gasteiger partial charge in [-0.1, -0.05) is 42.5 Å². The fraction of sp³-hybridized carbons (Fsp3) is 0.185. The third-order valence-electron chi connectivity index (χ3n) is 4.84. The van der Waals surface area contributed by atoms with Gasteiger partial charge in [0.25, 0.3) is 0 Å². The van der Waals surface area contributed by atoms with E-state index in [1.165, 1.54) is 0 Å². The summed E-state index contributed by atoms with van der Waals surface area (Å²) >= 11 is 0. The van der Waals surface area contributed by atoms with E-state index < -0.39 is 5.97 Å². The summed E-state index contributed by atoms with van der Waals surface area (Å²) in [5.74, 6) is 1.70. The molecule has 3 aromatic carbocycles. The lowest BCUT2D eigenvalue weighted by atomic mass is 10.2. The Hall–Kier alpha value is -4.06. The van der Waals surface area contributed by atoms with Gasteiger partial charge >= 0.3 is 5.97 Å². The topological polar surface area (TPSA) is 66.4 Å². The first kappa shape index (κ1) is 22.1. The van der Waals surface area contributed by atoms with E-state index in [0.29, 0.717) is 36.9 Å². The molecule has 0 unspecified atom stereocenters. The molecule has 33 heavy (non-hydrogen) atoms. The van der Waals surface area contributed by atoms with E-state index in [4.69, 9.17) is 18.9 Å². The van der Waals surface area contributed by atoms with Crippen molar-refractivity contribution in [2.24, 2.45) is 4.99 Å². The molecule has 3 aromatic rings. The summed E-state index contributed by atoms with van der Waals surface area (Å²) in [4.78, 5) is 16.8. The Morgan fingerprint density at radius 3 is 2.30 bits per heavy atom. The van der Waals surface area contributed by atoms with Crippen LogP contribution in [-0.4, -0.2) is 25.1 Å². The monoisotopic (exact) mass is 443 g/mol. The SMILES string of the molecule is CCOc1ccc(C2=N/C(=C\c3ccc(OCc4ccccc4)cc3)C(=O)O2)cc1OCC. The fourth-order valence-corrected chi connectivity index (χ4v) is 3.28. The number of benzene rings is 3. The quantitative estimate of drug-likeness (QED) is 0.327. The minimum Gasteiger partial charge on any atom is -0.490 e. The molecule has 0 bridgehead atoms. The Bertz CT molecular complexity index is 1170. The summed E-state index contributed by atoms with van der Waals surface area (Å²) in [6, 6.07) is 22.8. The predicted octanol–water partition coefficient (Wildman–Crippen LogP) is 5.41. The Balaban J connectivity index is 1.48. The molecule has 0 spiro atoms. The van der Waals surface area contributed by atoms with Gasteiger partial charge in [-0.25, -0.2) is 9.79 Å². The number of carbonyl (C=O) groups is 1. The summed E-state index contributed by atoms with van der Waals surface area (Å²) in [6.45, 7) is 5.32. The average Bonchev–Trinajstić information content (AvgIpc) is 3.21. The van der Waals surface area contributed by atoms with E-state index in [0.717, 1.165) is 16.9 Å². The van der Waals surface area contributed by atoms with Crippen LogP contribution in [0, 0.1) is 0 Å². The van der Waals surface area contributed by atoms with E-state index in [1.54, 1.807) is 24.3 Å². The number of hydrogen-bond acceptors (Lipinski definition) is 6. The zero-order valence-electron chi connectivity index (χ0n) is 18.6. The normalized spacial score (nSPS) is 14.1. The summed E-state index contributed by atoms with van der Waals surface area (Å²) in [7, 11) is 0. The lowest BCUT2D eigenvalue weighted by Gasteiger charge is -2.11. The largest absolute Gasteiger partial charge is 0.490 e. The molecule has 0 saturated heterocycles. The zero-order chi connectivity index (χ0) is 23.0. The standard InChI is InChI=1S/C27H25NO5/c1-3-30-24-15-12-21(17-25(24)31-4-2)26-28-23(27(29)33-26)16-19-10-13-22(14-11-19)32-18-20-8-6-5-7-9-20/h5-17H,3-4,18H2,1-2H3/b23-16-. The highest BCUT2D eigenvalue weighted by atomic mass is 16.6. The van der Waals surface area contributed by atoms with Crippen molar-refractivity contribution in [3.8, 4) is 17.2 Å². The van der Waals surface area contributed by atoms with Crippen molar-refractivity contribution in [1.82, 2.24) is 0 Å². The van der Waals surface area contributed by atoms with Crippen LogP contribution in [0.15, 0.2) is 83.5 Å². The van der Waals surface area contributed by atoms with Crippen LogP contribution in [0.25, 0.3) is 6.08 Å². The number of esters is 1. The van der Waals surface area contributed by atoms with Gasteiger partial charge in [0.15, 0.2) is 17.2 Å². The molecule has 0 radical (unpaired) electrons. The molecule has 0 aromatic heterocycles. The molecule has 0 fully saturated rings. The van der Waals surface area contributed by atoms with Crippen molar-refractivity contribution >= 4 is 17.9 Å². The molecular formula is C27H25NO5. The van der Waals surface area contributed by atoms with Gasteiger partial charge in [-0.3, -0.25) is 0 Å². The number of hydrogen-bond donors (Lipinski definition) is 0. The lowest BCUT2D eigenvalue weighted by Crippen LogP contribution is -2.06. The van der Waals surface area contributed by atoms with Crippen molar-refractivity contribution in [3.63, 3.8) is 0 Å². The first-order valence-corrected chi connectivity index (χ1v) is 10.9. The second kappa shape index (κ2) is 10.5. The van der Waals surface area contributed by atoms with E-state index in [-0.39, 0.29) is 11.6 Å². The molecular weight excluding hydrogens is 418 g/mol. The summed E-state index contributed by atoms with van der Waals surface area (Å²) < 4.78 is 22.4. The molecule has 0 aliphatic carbocycles. The van der Waals surface area contributed by atoms with Crippen LogP contribution < -0.4 is 14.2 Å². The van der Waals surface area contributed by atoms with Gasteiger partial charge in [0.05, 0.1) is 13.2 Å². The van der Waals surface area contributed by atoms with Crippen LogP contribution in [0.1, 0.15) is 30.5 Å². The van der Waals surface area contributed by atoms with Crippen LogP contribution >= 0.6 is 0 Å². The van der Waals surface area contributed by atoms with E-state index in [9.17, 15) is 4.79 Å². The number of nitrogens with zero attached hydrogens (tertiary/aromatic N) is 1. The molecule has 6 nitrogen and oxygen atoms in total. The minimum atomic E-state index is -0.499. The Kier molecular flexibility index (Phi) is 7.05. The first-order chi connectivity index (χ1) is 16.2. The maximum absolute atomic E-state index is 12.4. The molecule has 0 atom stereocenters. The second-order valence-corrected chi connectivity index (χ2v) is 7.21. The van der Waals surface area contributed by atoms with Crippen molar-refractivity contribution < 1.29 is 23.7 Å². The van der Waals surface area contributed by atoms with Gasteiger partial charge in [0.1, 0.15) is 12.4 Å². The number of cyclic esters (lactones) is 1. The van der Waals surface area contributed by atoms with Crippen molar-refractivity contribution in [2.45, 2.75) is 20.5 Å². The van der Waals surface area contributed by atoms with Gasteiger partial charge in [0.2, 0.25) is 5.90 Å². The molecule has 0 N–H and O–H groups in total. The number of rotatable bonds is 9.